The number of rotatable bonds is 4. The molecule has 0 aliphatic carbocycles. The molecule has 0 aromatic carbocycles. The fraction of sp³-hybridized carbons (Fsp3) is 0.500. The first-order valence-corrected chi connectivity index (χ1v) is 6.51. The summed E-state index contributed by atoms with van der Waals surface area (Å²) in [6.07, 6.45) is 0. The molecule has 1 aromatic rings. The summed E-state index contributed by atoms with van der Waals surface area (Å²) in [4.78, 5) is 26.2. The van der Waals surface area contributed by atoms with Gasteiger partial charge in [-0.25, -0.2) is 4.79 Å². The van der Waals surface area contributed by atoms with Crippen molar-refractivity contribution >= 4 is 31.9 Å². The number of aromatic nitrogens is 2. The molecule has 7 nitrogen and oxygen atoms in total. The first-order chi connectivity index (χ1) is 8.04. The standard InChI is InChI=1S/C8H9Br2N5O2/c1-14-7(16)6(10)5(4-12-13-11)15(3-2-9)8(14)17/h2-4H2,1H3. The maximum atomic E-state index is 11.9. The SMILES string of the molecule is Cn1c(=O)c(Br)c(CN=[N+]=[N-])n(CCBr)c1=O. The summed E-state index contributed by atoms with van der Waals surface area (Å²) >= 11 is 6.35. The number of hydrogen-bond acceptors (Lipinski definition) is 3. The summed E-state index contributed by atoms with van der Waals surface area (Å²) in [6.45, 7) is 0.344. The molecule has 0 unspecified atom stereocenters. The van der Waals surface area contributed by atoms with E-state index in [4.69, 9.17) is 5.53 Å². The monoisotopic (exact) mass is 365 g/mol. The van der Waals surface area contributed by atoms with E-state index in [0.717, 1.165) is 4.57 Å². The van der Waals surface area contributed by atoms with Crippen molar-refractivity contribution in [2.75, 3.05) is 5.33 Å². The van der Waals surface area contributed by atoms with Crippen LogP contribution in [0.5, 0.6) is 0 Å². The van der Waals surface area contributed by atoms with Crippen LogP contribution >= 0.6 is 31.9 Å². The van der Waals surface area contributed by atoms with Crippen molar-refractivity contribution in [3.8, 4) is 0 Å². The first kappa shape index (κ1) is 14.0. The van der Waals surface area contributed by atoms with Crippen LogP contribution < -0.4 is 11.2 Å². The van der Waals surface area contributed by atoms with Gasteiger partial charge >= 0.3 is 5.69 Å². The van der Waals surface area contributed by atoms with E-state index < -0.39 is 11.2 Å². The highest BCUT2D eigenvalue weighted by molar-refractivity contribution is 9.10. The zero-order valence-electron chi connectivity index (χ0n) is 8.93. The number of nitrogens with zero attached hydrogens (tertiary/aromatic N) is 5. The molecule has 0 amide bonds. The van der Waals surface area contributed by atoms with Crippen molar-refractivity contribution in [3.63, 3.8) is 0 Å². The lowest BCUT2D eigenvalue weighted by molar-refractivity contribution is 0.595. The second-order valence-corrected chi connectivity index (χ2v) is 4.72. The molecule has 0 radical (unpaired) electrons. The molecule has 0 aliphatic heterocycles. The lowest BCUT2D eigenvalue weighted by Gasteiger charge is -2.13. The van der Waals surface area contributed by atoms with E-state index in [1.54, 1.807) is 0 Å². The molecule has 1 rings (SSSR count). The van der Waals surface area contributed by atoms with Gasteiger partial charge in [0, 0.05) is 29.5 Å². The van der Waals surface area contributed by atoms with Gasteiger partial charge in [-0.05, 0) is 21.5 Å². The van der Waals surface area contributed by atoms with Gasteiger partial charge in [0.1, 0.15) is 4.47 Å². The van der Waals surface area contributed by atoms with Gasteiger partial charge in [-0.1, -0.05) is 21.0 Å². The zero-order chi connectivity index (χ0) is 13.0. The van der Waals surface area contributed by atoms with Crippen LogP contribution in [-0.2, 0) is 20.1 Å². The molecule has 0 saturated carbocycles. The number of azide groups is 1. The first-order valence-electron chi connectivity index (χ1n) is 4.59. The van der Waals surface area contributed by atoms with Gasteiger partial charge in [-0.2, -0.15) is 0 Å². The topological polar surface area (TPSA) is 92.8 Å². The van der Waals surface area contributed by atoms with Gasteiger partial charge in [0.15, 0.2) is 0 Å². The Morgan fingerprint density at radius 1 is 1.47 bits per heavy atom. The number of halogens is 2. The maximum Gasteiger partial charge on any atom is 0.331 e. The minimum atomic E-state index is -0.441. The van der Waals surface area contributed by atoms with Crippen LogP contribution in [0.3, 0.4) is 0 Å². The summed E-state index contributed by atoms with van der Waals surface area (Å²) in [7, 11) is 1.40. The molecule has 92 valence electrons. The van der Waals surface area contributed by atoms with Crippen LogP contribution in [-0.4, -0.2) is 14.5 Å². The third kappa shape index (κ3) is 2.80. The molecule has 9 heteroatoms. The van der Waals surface area contributed by atoms with Crippen molar-refractivity contribution in [2.24, 2.45) is 12.2 Å². The zero-order valence-corrected chi connectivity index (χ0v) is 12.1. The molecule has 0 atom stereocenters. The highest BCUT2D eigenvalue weighted by Gasteiger charge is 2.14. The summed E-state index contributed by atoms with van der Waals surface area (Å²) in [5, 5.41) is 3.94. The molecule has 0 saturated heterocycles. The van der Waals surface area contributed by atoms with E-state index >= 15 is 0 Å². The largest absolute Gasteiger partial charge is 0.331 e. The van der Waals surface area contributed by atoms with E-state index in [2.05, 4.69) is 41.9 Å². The molecular formula is C8H9Br2N5O2. The van der Waals surface area contributed by atoms with Gasteiger partial charge in [-0.3, -0.25) is 13.9 Å². The van der Waals surface area contributed by atoms with Gasteiger partial charge in [0.25, 0.3) is 5.56 Å². The van der Waals surface area contributed by atoms with Crippen molar-refractivity contribution in [2.45, 2.75) is 13.1 Å². The molecule has 1 aromatic heterocycles. The molecule has 0 aliphatic rings. The van der Waals surface area contributed by atoms with Gasteiger partial charge in [0.05, 0.1) is 6.54 Å². The van der Waals surface area contributed by atoms with Crippen molar-refractivity contribution in [1.29, 1.82) is 0 Å². The highest BCUT2D eigenvalue weighted by Crippen LogP contribution is 2.11. The van der Waals surface area contributed by atoms with E-state index in [9.17, 15) is 9.59 Å². The second-order valence-electron chi connectivity index (χ2n) is 3.14. The average Bonchev–Trinajstić information content (AvgIpc) is 2.33. The Labute approximate surface area is 113 Å². The van der Waals surface area contributed by atoms with Crippen LogP contribution in [0.2, 0.25) is 0 Å². The Kier molecular flexibility index (Phi) is 4.98. The van der Waals surface area contributed by atoms with Crippen LogP contribution in [0.15, 0.2) is 19.2 Å². The van der Waals surface area contributed by atoms with Crippen LogP contribution in [0.4, 0.5) is 0 Å². The summed E-state index contributed by atoms with van der Waals surface area (Å²) in [5.41, 5.74) is 7.81. The predicted octanol–water partition coefficient (Wildman–Crippen LogP) is 1.51. The third-order valence-electron chi connectivity index (χ3n) is 2.18. The Bertz CT molecular complexity index is 585. The van der Waals surface area contributed by atoms with Crippen molar-refractivity contribution in [1.82, 2.24) is 9.13 Å². The van der Waals surface area contributed by atoms with Crippen LogP contribution in [0.1, 0.15) is 5.69 Å². The molecule has 0 fully saturated rings. The second kappa shape index (κ2) is 6.04. The Morgan fingerprint density at radius 3 is 2.65 bits per heavy atom. The Morgan fingerprint density at radius 2 is 2.12 bits per heavy atom. The fourth-order valence-corrected chi connectivity index (χ4v) is 2.30. The summed E-state index contributed by atoms with van der Waals surface area (Å²) < 4.78 is 2.65. The van der Waals surface area contributed by atoms with E-state index in [1.165, 1.54) is 11.6 Å². The fourth-order valence-electron chi connectivity index (χ4n) is 1.34. The average molecular weight is 367 g/mol. The Hall–Kier alpha value is -1.05. The van der Waals surface area contributed by atoms with Crippen molar-refractivity contribution < 1.29 is 0 Å². The Balaban J connectivity index is 3.58. The maximum absolute atomic E-state index is 11.9. The van der Waals surface area contributed by atoms with E-state index in [0.29, 0.717) is 17.6 Å². The van der Waals surface area contributed by atoms with Gasteiger partial charge in [0.2, 0.25) is 0 Å². The quantitative estimate of drug-likeness (QED) is 0.349. The number of alkyl halides is 1. The van der Waals surface area contributed by atoms with E-state index in [1.807, 2.05) is 0 Å². The van der Waals surface area contributed by atoms with E-state index in [-0.39, 0.29) is 11.0 Å². The predicted molar refractivity (Wildman–Crippen MR) is 70.3 cm³/mol. The molecular weight excluding hydrogens is 358 g/mol. The lowest BCUT2D eigenvalue weighted by atomic mass is 10.4. The number of hydrogen-bond donors (Lipinski definition) is 0. The molecule has 17 heavy (non-hydrogen) atoms. The van der Waals surface area contributed by atoms with Crippen molar-refractivity contribution in [3.05, 3.63) is 41.4 Å². The minimum Gasteiger partial charge on any atom is -0.295 e. The third-order valence-corrected chi connectivity index (χ3v) is 3.33. The highest BCUT2D eigenvalue weighted by atomic mass is 79.9. The summed E-state index contributed by atoms with van der Waals surface area (Å²) in [5.74, 6) is 0. The lowest BCUT2D eigenvalue weighted by Crippen LogP contribution is -2.40. The van der Waals surface area contributed by atoms with Crippen LogP contribution in [0, 0.1) is 0 Å². The van der Waals surface area contributed by atoms with Gasteiger partial charge in [-0.15, -0.1) is 0 Å². The molecule has 1 heterocycles. The normalized spacial score (nSPS) is 10.1. The molecule has 0 N–H and O–H groups in total. The van der Waals surface area contributed by atoms with Crippen LogP contribution in [0.25, 0.3) is 10.4 Å². The molecule has 0 spiro atoms. The summed E-state index contributed by atoms with van der Waals surface area (Å²) in [6, 6.07) is 0. The van der Waals surface area contributed by atoms with Gasteiger partial charge < -0.3 is 0 Å². The molecule has 0 bridgehead atoms. The minimum absolute atomic E-state index is 0.0462. The smallest absolute Gasteiger partial charge is 0.295 e.